The third-order valence-electron chi connectivity index (χ3n) is 3.07. The minimum atomic E-state index is -0.344. The minimum Gasteiger partial charge on any atom is -0.508 e. The normalized spacial score (nSPS) is 14.3. The number of phenolic OH excluding ortho intramolecular Hbond substituents is 1. The van der Waals surface area contributed by atoms with Crippen LogP contribution in [0.15, 0.2) is 29.8 Å². The SMILES string of the molecule is CCC(NC(C)c1cc(F)ccc1O)c1nccs1. The summed E-state index contributed by atoms with van der Waals surface area (Å²) in [5, 5.41) is 16.1. The van der Waals surface area contributed by atoms with Crippen molar-refractivity contribution in [2.75, 3.05) is 0 Å². The lowest BCUT2D eigenvalue weighted by Gasteiger charge is -2.21. The highest BCUT2D eigenvalue weighted by molar-refractivity contribution is 7.09. The van der Waals surface area contributed by atoms with Crippen LogP contribution in [-0.4, -0.2) is 10.1 Å². The third-order valence-corrected chi connectivity index (χ3v) is 3.95. The van der Waals surface area contributed by atoms with E-state index in [0.717, 1.165) is 11.4 Å². The largest absolute Gasteiger partial charge is 0.508 e. The van der Waals surface area contributed by atoms with Gasteiger partial charge < -0.3 is 10.4 Å². The molecule has 2 rings (SSSR count). The smallest absolute Gasteiger partial charge is 0.123 e. The Kier molecular flexibility index (Phi) is 4.50. The lowest BCUT2D eigenvalue weighted by Crippen LogP contribution is -2.24. The summed E-state index contributed by atoms with van der Waals surface area (Å²) in [6.45, 7) is 3.97. The summed E-state index contributed by atoms with van der Waals surface area (Å²) in [5.74, 6) is -0.237. The highest BCUT2D eigenvalue weighted by atomic mass is 32.1. The lowest BCUT2D eigenvalue weighted by atomic mass is 10.1. The van der Waals surface area contributed by atoms with Crippen molar-refractivity contribution >= 4 is 11.3 Å². The molecule has 19 heavy (non-hydrogen) atoms. The average molecular weight is 280 g/mol. The molecule has 1 aromatic heterocycles. The topological polar surface area (TPSA) is 45.1 Å². The first-order chi connectivity index (χ1) is 9.11. The van der Waals surface area contributed by atoms with Gasteiger partial charge in [0.25, 0.3) is 0 Å². The van der Waals surface area contributed by atoms with Crippen LogP contribution < -0.4 is 5.32 Å². The van der Waals surface area contributed by atoms with Crippen LogP contribution in [0.2, 0.25) is 0 Å². The van der Waals surface area contributed by atoms with E-state index in [4.69, 9.17) is 0 Å². The molecular formula is C14H17FN2OS. The van der Waals surface area contributed by atoms with Crippen molar-refractivity contribution < 1.29 is 9.50 Å². The molecule has 1 aromatic carbocycles. The van der Waals surface area contributed by atoms with Crippen LogP contribution in [0.4, 0.5) is 4.39 Å². The van der Waals surface area contributed by atoms with Gasteiger partial charge in [-0.15, -0.1) is 11.3 Å². The fourth-order valence-electron chi connectivity index (χ4n) is 2.03. The van der Waals surface area contributed by atoms with E-state index in [0.29, 0.717) is 5.56 Å². The zero-order valence-electron chi connectivity index (χ0n) is 10.9. The Labute approximate surface area is 116 Å². The van der Waals surface area contributed by atoms with Gasteiger partial charge in [0, 0.05) is 23.2 Å². The van der Waals surface area contributed by atoms with E-state index in [1.54, 1.807) is 17.5 Å². The molecule has 2 atom stereocenters. The van der Waals surface area contributed by atoms with Crippen molar-refractivity contribution in [1.29, 1.82) is 0 Å². The van der Waals surface area contributed by atoms with E-state index < -0.39 is 0 Å². The van der Waals surface area contributed by atoms with Gasteiger partial charge in [-0.05, 0) is 31.5 Å². The second kappa shape index (κ2) is 6.12. The molecule has 0 bridgehead atoms. The number of nitrogens with one attached hydrogen (secondary N) is 1. The number of aromatic nitrogens is 1. The van der Waals surface area contributed by atoms with E-state index >= 15 is 0 Å². The molecule has 0 fully saturated rings. The van der Waals surface area contributed by atoms with Crippen molar-refractivity contribution in [3.63, 3.8) is 0 Å². The molecule has 0 aliphatic carbocycles. The van der Waals surface area contributed by atoms with E-state index in [9.17, 15) is 9.50 Å². The van der Waals surface area contributed by atoms with Crippen LogP contribution in [0.5, 0.6) is 5.75 Å². The Hall–Kier alpha value is -1.46. The molecule has 0 saturated heterocycles. The van der Waals surface area contributed by atoms with Gasteiger partial charge in [-0.25, -0.2) is 9.37 Å². The van der Waals surface area contributed by atoms with Crippen molar-refractivity contribution in [2.24, 2.45) is 0 Å². The molecule has 1 heterocycles. The van der Waals surface area contributed by atoms with Gasteiger partial charge in [0.1, 0.15) is 16.6 Å². The lowest BCUT2D eigenvalue weighted by molar-refractivity contribution is 0.420. The van der Waals surface area contributed by atoms with E-state index in [2.05, 4.69) is 17.2 Å². The molecule has 102 valence electrons. The molecule has 0 aliphatic rings. The number of hydrogen-bond donors (Lipinski definition) is 2. The Morgan fingerprint density at radius 1 is 1.47 bits per heavy atom. The molecule has 0 amide bonds. The van der Waals surface area contributed by atoms with E-state index in [1.165, 1.54) is 18.2 Å². The molecule has 2 aromatic rings. The molecule has 0 aliphatic heterocycles. The first kappa shape index (κ1) is 14.0. The van der Waals surface area contributed by atoms with E-state index in [-0.39, 0.29) is 23.7 Å². The Morgan fingerprint density at radius 2 is 2.26 bits per heavy atom. The van der Waals surface area contributed by atoms with Gasteiger partial charge in [-0.3, -0.25) is 0 Å². The van der Waals surface area contributed by atoms with Crippen molar-refractivity contribution in [3.8, 4) is 5.75 Å². The zero-order valence-corrected chi connectivity index (χ0v) is 11.7. The summed E-state index contributed by atoms with van der Waals surface area (Å²) in [5.41, 5.74) is 0.565. The average Bonchev–Trinajstić information content (AvgIpc) is 2.92. The maximum absolute atomic E-state index is 13.3. The molecular weight excluding hydrogens is 263 g/mol. The Bertz CT molecular complexity index is 530. The van der Waals surface area contributed by atoms with Gasteiger partial charge in [-0.1, -0.05) is 6.92 Å². The number of phenols is 1. The molecule has 0 saturated carbocycles. The Morgan fingerprint density at radius 3 is 2.89 bits per heavy atom. The maximum atomic E-state index is 13.3. The van der Waals surface area contributed by atoms with Crippen molar-refractivity contribution in [3.05, 3.63) is 46.2 Å². The van der Waals surface area contributed by atoms with E-state index in [1.807, 2.05) is 12.3 Å². The summed E-state index contributed by atoms with van der Waals surface area (Å²) in [7, 11) is 0. The second-order valence-electron chi connectivity index (χ2n) is 4.42. The number of aromatic hydroxyl groups is 1. The van der Waals surface area contributed by atoms with Crippen LogP contribution in [0.1, 0.15) is 42.9 Å². The summed E-state index contributed by atoms with van der Waals surface area (Å²) < 4.78 is 13.3. The van der Waals surface area contributed by atoms with Gasteiger partial charge >= 0.3 is 0 Å². The number of rotatable bonds is 5. The molecule has 0 spiro atoms. The quantitative estimate of drug-likeness (QED) is 0.876. The fraction of sp³-hybridized carbons (Fsp3) is 0.357. The van der Waals surface area contributed by atoms with Crippen molar-refractivity contribution in [2.45, 2.75) is 32.4 Å². The highest BCUT2D eigenvalue weighted by Gasteiger charge is 2.18. The van der Waals surface area contributed by atoms with Gasteiger partial charge in [0.05, 0.1) is 6.04 Å². The van der Waals surface area contributed by atoms with Crippen molar-refractivity contribution in [1.82, 2.24) is 10.3 Å². The maximum Gasteiger partial charge on any atom is 0.123 e. The van der Waals surface area contributed by atoms with Crippen LogP contribution in [0.25, 0.3) is 0 Å². The number of benzene rings is 1. The second-order valence-corrected chi connectivity index (χ2v) is 5.35. The fourth-order valence-corrected chi connectivity index (χ4v) is 2.82. The first-order valence-corrected chi connectivity index (χ1v) is 7.13. The zero-order chi connectivity index (χ0) is 13.8. The molecule has 3 nitrogen and oxygen atoms in total. The predicted molar refractivity (Wildman–Crippen MR) is 74.8 cm³/mol. The highest BCUT2D eigenvalue weighted by Crippen LogP contribution is 2.28. The molecule has 2 unspecified atom stereocenters. The molecule has 0 radical (unpaired) electrons. The van der Waals surface area contributed by atoms with Gasteiger partial charge in [0.15, 0.2) is 0 Å². The number of nitrogens with zero attached hydrogens (tertiary/aromatic N) is 1. The predicted octanol–water partition coefficient (Wildman–Crippen LogP) is 3.79. The van der Waals surface area contributed by atoms with Gasteiger partial charge in [0.2, 0.25) is 0 Å². The van der Waals surface area contributed by atoms with Gasteiger partial charge in [-0.2, -0.15) is 0 Å². The molecule has 5 heteroatoms. The summed E-state index contributed by atoms with van der Waals surface area (Å²) >= 11 is 1.59. The third kappa shape index (κ3) is 3.30. The number of thiazole rings is 1. The number of halogens is 1. The summed E-state index contributed by atoms with van der Waals surface area (Å²) in [6, 6.07) is 3.96. The molecule has 2 N–H and O–H groups in total. The van der Waals surface area contributed by atoms with Crippen LogP contribution in [0.3, 0.4) is 0 Å². The van der Waals surface area contributed by atoms with Crippen LogP contribution in [-0.2, 0) is 0 Å². The monoisotopic (exact) mass is 280 g/mol. The minimum absolute atomic E-state index is 0.107. The first-order valence-electron chi connectivity index (χ1n) is 6.25. The standard InChI is InChI=1S/C14H17FN2OS/c1-3-12(14-16-6-7-19-14)17-9(2)11-8-10(15)4-5-13(11)18/h4-9,12,17-18H,3H2,1-2H3. The number of hydrogen-bond acceptors (Lipinski definition) is 4. The summed E-state index contributed by atoms with van der Waals surface area (Å²) in [4.78, 5) is 4.29. The summed E-state index contributed by atoms with van der Waals surface area (Å²) in [6.07, 6.45) is 2.66. The van der Waals surface area contributed by atoms with Crippen LogP contribution >= 0.6 is 11.3 Å². The van der Waals surface area contributed by atoms with Crippen LogP contribution in [0, 0.1) is 5.82 Å². The Balaban J connectivity index is 2.15.